The molecule has 3 nitrogen and oxygen atoms in total. The van der Waals surface area contributed by atoms with Crippen LogP contribution in [0.4, 0.5) is 13.2 Å². The van der Waals surface area contributed by atoms with Gasteiger partial charge < -0.3 is 0 Å². The van der Waals surface area contributed by atoms with Crippen molar-refractivity contribution >= 4 is 11.8 Å². The van der Waals surface area contributed by atoms with Crippen molar-refractivity contribution in [3.05, 3.63) is 22.1 Å². The Bertz CT molecular complexity index is 521. The molecule has 0 aromatic carbocycles. The number of thioether (sulfide) groups is 1. The summed E-state index contributed by atoms with van der Waals surface area (Å²) >= 11 is 1.08. The van der Waals surface area contributed by atoms with Gasteiger partial charge in [0.05, 0.1) is 0 Å². The lowest BCUT2D eigenvalue weighted by Gasteiger charge is -2.23. The van der Waals surface area contributed by atoms with Crippen molar-refractivity contribution in [1.29, 1.82) is 0 Å². The van der Waals surface area contributed by atoms with Crippen LogP contribution in [-0.4, -0.2) is 15.8 Å². The zero-order valence-electron chi connectivity index (χ0n) is 11.2. The SMILES string of the molecule is CSc1nc(C(F)(F)F)cc(=O)n1CC1CCCCC1. The van der Waals surface area contributed by atoms with Gasteiger partial charge in [-0.3, -0.25) is 9.36 Å². The van der Waals surface area contributed by atoms with Crippen LogP contribution in [0.3, 0.4) is 0 Å². The van der Waals surface area contributed by atoms with Crippen LogP contribution in [0.15, 0.2) is 16.0 Å². The molecule has 1 fully saturated rings. The quantitative estimate of drug-likeness (QED) is 0.632. The second-order valence-electron chi connectivity index (χ2n) is 5.08. The number of hydrogen-bond donors (Lipinski definition) is 0. The van der Waals surface area contributed by atoms with Gasteiger partial charge in [-0.1, -0.05) is 31.0 Å². The lowest BCUT2D eigenvalue weighted by atomic mass is 9.89. The summed E-state index contributed by atoms with van der Waals surface area (Å²) in [7, 11) is 0. The van der Waals surface area contributed by atoms with Gasteiger partial charge >= 0.3 is 6.18 Å². The molecule has 0 unspecified atom stereocenters. The van der Waals surface area contributed by atoms with Crippen LogP contribution < -0.4 is 5.56 Å². The average Bonchev–Trinajstić information content (AvgIpc) is 2.40. The second-order valence-corrected chi connectivity index (χ2v) is 5.85. The summed E-state index contributed by atoms with van der Waals surface area (Å²) in [5.41, 5.74) is -1.71. The van der Waals surface area contributed by atoms with Crippen LogP contribution in [0.1, 0.15) is 37.8 Å². The molecule has 0 bridgehead atoms. The fourth-order valence-corrected chi connectivity index (χ4v) is 3.16. The Morgan fingerprint density at radius 3 is 2.55 bits per heavy atom. The van der Waals surface area contributed by atoms with E-state index in [-0.39, 0.29) is 5.16 Å². The lowest BCUT2D eigenvalue weighted by molar-refractivity contribution is -0.141. The maximum absolute atomic E-state index is 12.7. The molecule has 112 valence electrons. The number of aromatic nitrogens is 2. The molecule has 1 aromatic rings. The third-order valence-electron chi connectivity index (χ3n) is 3.61. The largest absolute Gasteiger partial charge is 0.433 e. The molecule has 1 heterocycles. The van der Waals surface area contributed by atoms with E-state index in [0.717, 1.165) is 37.4 Å². The molecule has 0 atom stereocenters. The molecule has 0 spiro atoms. The normalized spacial score (nSPS) is 17.4. The van der Waals surface area contributed by atoms with Gasteiger partial charge in [-0.25, -0.2) is 4.98 Å². The summed E-state index contributed by atoms with van der Waals surface area (Å²) in [6.07, 6.45) is 2.58. The third kappa shape index (κ3) is 3.56. The van der Waals surface area contributed by atoms with E-state index in [0.29, 0.717) is 18.5 Å². The molecule has 1 saturated carbocycles. The van der Waals surface area contributed by atoms with Crippen molar-refractivity contribution in [1.82, 2.24) is 9.55 Å². The molecular weight excluding hydrogens is 289 g/mol. The predicted octanol–water partition coefficient (Wildman–Crippen LogP) is 3.56. The van der Waals surface area contributed by atoms with E-state index >= 15 is 0 Å². The summed E-state index contributed by atoms with van der Waals surface area (Å²) in [5, 5.41) is 0.149. The van der Waals surface area contributed by atoms with E-state index in [4.69, 9.17) is 0 Å². The second kappa shape index (κ2) is 6.20. The molecule has 20 heavy (non-hydrogen) atoms. The first-order valence-electron chi connectivity index (χ1n) is 6.65. The smallest absolute Gasteiger partial charge is 0.287 e. The summed E-state index contributed by atoms with van der Waals surface area (Å²) < 4.78 is 39.3. The van der Waals surface area contributed by atoms with Gasteiger partial charge in [0.1, 0.15) is 0 Å². The van der Waals surface area contributed by atoms with E-state index in [1.54, 1.807) is 6.26 Å². The highest BCUT2D eigenvalue weighted by Gasteiger charge is 2.34. The van der Waals surface area contributed by atoms with Crippen molar-refractivity contribution in [2.45, 2.75) is 50.0 Å². The fourth-order valence-electron chi connectivity index (χ4n) is 2.58. The van der Waals surface area contributed by atoms with E-state index < -0.39 is 17.4 Å². The maximum Gasteiger partial charge on any atom is 0.433 e. The van der Waals surface area contributed by atoms with Crippen LogP contribution in [0.2, 0.25) is 0 Å². The molecule has 0 saturated heterocycles. The van der Waals surface area contributed by atoms with Crippen molar-refractivity contribution < 1.29 is 13.2 Å². The van der Waals surface area contributed by atoms with E-state index in [9.17, 15) is 18.0 Å². The Morgan fingerprint density at radius 2 is 2.00 bits per heavy atom. The van der Waals surface area contributed by atoms with Crippen LogP contribution >= 0.6 is 11.8 Å². The van der Waals surface area contributed by atoms with E-state index in [2.05, 4.69) is 4.98 Å². The van der Waals surface area contributed by atoms with Gasteiger partial charge in [0.2, 0.25) is 0 Å². The predicted molar refractivity (Wildman–Crippen MR) is 71.9 cm³/mol. The summed E-state index contributed by atoms with van der Waals surface area (Å²) in [6.45, 7) is 0.472. The van der Waals surface area contributed by atoms with Crippen LogP contribution in [0, 0.1) is 5.92 Å². The fraction of sp³-hybridized carbons (Fsp3) is 0.692. The van der Waals surface area contributed by atoms with Crippen molar-refractivity contribution in [3.8, 4) is 0 Å². The summed E-state index contributed by atoms with van der Waals surface area (Å²) in [4.78, 5) is 15.5. The Kier molecular flexibility index (Phi) is 4.78. The molecule has 1 aliphatic carbocycles. The highest BCUT2D eigenvalue weighted by Crippen LogP contribution is 2.29. The van der Waals surface area contributed by atoms with Crippen LogP contribution in [0.25, 0.3) is 0 Å². The molecular formula is C13H17F3N2OS. The standard InChI is InChI=1S/C13H17F3N2OS/c1-20-12-17-10(13(14,15)16)7-11(19)18(12)8-9-5-3-2-4-6-9/h7,9H,2-6,8H2,1H3. The Labute approximate surface area is 119 Å². The van der Waals surface area contributed by atoms with Gasteiger partial charge in [0, 0.05) is 12.6 Å². The number of halogens is 3. The molecule has 2 rings (SSSR count). The van der Waals surface area contributed by atoms with Gasteiger partial charge in [0.25, 0.3) is 5.56 Å². The molecule has 0 amide bonds. The van der Waals surface area contributed by atoms with Gasteiger partial charge in [0.15, 0.2) is 10.9 Å². The van der Waals surface area contributed by atoms with Crippen LogP contribution in [0.5, 0.6) is 0 Å². The molecule has 0 radical (unpaired) electrons. The number of alkyl halides is 3. The first-order chi connectivity index (χ1) is 9.41. The first kappa shape index (κ1) is 15.4. The zero-order valence-corrected chi connectivity index (χ0v) is 12.1. The van der Waals surface area contributed by atoms with E-state index in [1.807, 2.05) is 0 Å². The summed E-state index contributed by atoms with van der Waals surface area (Å²) in [5.74, 6) is 0.367. The number of hydrogen-bond acceptors (Lipinski definition) is 3. The minimum Gasteiger partial charge on any atom is -0.287 e. The highest BCUT2D eigenvalue weighted by molar-refractivity contribution is 7.98. The molecule has 1 aliphatic rings. The van der Waals surface area contributed by atoms with Gasteiger partial charge in [-0.2, -0.15) is 13.2 Å². The Balaban J connectivity index is 2.30. The summed E-state index contributed by atoms with van der Waals surface area (Å²) in [6, 6.07) is 0.600. The van der Waals surface area contributed by atoms with E-state index in [1.165, 1.54) is 11.0 Å². The minimum atomic E-state index is -4.58. The van der Waals surface area contributed by atoms with Gasteiger partial charge in [-0.15, -0.1) is 0 Å². The average molecular weight is 306 g/mol. The van der Waals surface area contributed by atoms with Gasteiger partial charge in [-0.05, 0) is 25.0 Å². The zero-order chi connectivity index (χ0) is 14.8. The topological polar surface area (TPSA) is 34.9 Å². The lowest BCUT2D eigenvalue weighted by Crippen LogP contribution is -2.29. The third-order valence-corrected chi connectivity index (χ3v) is 4.29. The number of rotatable bonds is 3. The first-order valence-corrected chi connectivity index (χ1v) is 7.87. The van der Waals surface area contributed by atoms with Crippen molar-refractivity contribution in [2.75, 3.05) is 6.26 Å². The Morgan fingerprint density at radius 1 is 1.35 bits per heavy atom. The van der Waals surface area contributed by atoms with Crippen molar-refractivity contribution in [3.63, 3.8) is 0 Å². The van der Waals surface area contributed by atoms with Crippen LogP contribution in [-0.2, 0) is 12.7 Å². The Hall–Kier alpha value is -0.980. The molecule has 0 N–H and O–H groups in total. The monoisotopic (exact) mass is 306 g/mol. The number of nitrogens with zero attached hydrogens (tertiary/aromatic N) is 2. The molecule has 7 heteroatoms. The molecule has 1 aromatic heterocycles. The van der Waals surface area contributed by atoms with Crippen molar-refractivity contribution in [2.24, 2.45) is 5.92 Å². The highest BCUT2D eigenvalue weighted by atomic mass is 32.2. The minimum absolute atomic E-state index is 0.149. The molecule has 0 aliphatic heterocycles. The maximum atomic E-state index is 12.7.